The normalized spacial score (nSPS) is 17.2. The summed E-state index contributed by atoms with van der Waals surface area (Å²) in [7, 11) is -8.89. The van der Waals surface area contributed by atoms with Crippen molar-refractivity contribution in [3.05, 3.63) is 137 Å². The van der Waals surface area contributed by atoms with Crippen LogP contribution in [0.5, 0.6) is 0 Å². The van der Waals surface area contributed by atoms with Crippen molar-refractivity contribution in [3.8, 4) is 11.1 Å². The Hall–Kier alpha value is -4.54. The molecule has 328 valence electrons. The van der Waals surface area contributed by atoms with Gasteiger partial charge in [-0.15, -0.1) is 11.8 Å². The summed E-state index contributed by atoms with van der Waals surface area (Å²) >= 11 is 7.59. The van der Waals surface area contributed by atoms with Gasteiger partial charge in [-0.05, 0) is 141 Å². The summed E-state index contributed by atoms with van der Waals surface area (Å²) < 4.78 is 97.5. The fraction of sp³-hybridized carbons (Fsp3) is 0.326. The molecule has 62 heavy (non-hydrogen) atoms. The standard InChI is InChI=1S/C46H48ClF3N4O5S3/c1-53-25-7-9-39(53)29-37(31-60-40-10-3-2-4-11-40)51-43-22-21-41(30-44(43)61(56,57)46(48,49)50)62(58,59)52-45(55)34-15-19-38(20-16-34)54-26-23-32(24-27-54)28-35-8-5-6-12-42(35)33-13-17-36(47)18-14-33/h2-6,8,10-22,30,32,37,39,51H,7,9,23-29,31H2,1H3,(H,52,55)/t37-,39?/m1/s1. The minimum absolute atomic E-state index is 0.00285. The van der Waals surface area contributed by atoms with E-state index in [1.54, 1.807) is 12.1 Å². The predicted octanol–water partition coefficient (Wildman–Crippen LogP) is 9.94. The number of benzene rings is 5. The van der Waals surface area contributed by atoms with Crippen LogP contribution in [0.25, 0.3) is 11.1 Å². The van der Waals surface area contributed by atoms with Gasteiger partial charge >= 0.3 is 5.51 Å². The molecule has 0 bridgehead atoms. The van der Waals surface area contributed by atoms with Gasteiger partial charge in [-0.2, -0.15) is 13.2 Å². The number of anilines is 2. The van der Waals surface area contributed by atoms with Crippen molar-refractivity contribution in [2.75, 3.05) is 42.7 Å². The van der Waals surface area contributed by atoms with Crippen molar-refractivity contribution in [2.24, 2.45) is 5.92 Å². The molecular weight excluding hydrogens is 877 g/mol. The molecule has 0 spiro atoms. The molecule has 1 unspecified atom stereocenters. The van der Waals surface area contributed by atoms with Crippen molar-refractivity contribution < 1.29 is 34.8 Å². The van der Waals surface area contributed by atoms with Gasteiger partial charge in [-0.25, -0.2) is 21.6 Å². The minimum Gasteiger partial charge on any atom is -0.380 e. The van der Waals surface area contributed by atoms with Crippen LogP contribution in [0.15, 0.2) is 136 Å². The molecule has 5 aromatic carbocycles. The van der Waals surface area contributed by atoms with Gasteiger partial charge < -0.3 is 15.1 Å². The highest BCUT2D eigenvalue weighted by atomic mass is 35.5. The van der Waals surface area contributed by atoms with Gasteiger partial charge in [0.15, 0.2) is 0 Å². The predicted molar refractivity (Wildman–Crippen MR) is 241 cm³/mol. The molecule has 9 nitrogen and oxygen atoms in total. The summed E-state index contributed by atoms with van der Waals surface area (Å²) in [6.45, 7) is 2.43. The lowest BCUT2D eigenvalue weighted by Crippen LogP contribution is -2.35. The summed E-state index contributed by atoms with van der Waals surface area (Å²) in [5.41, 5.74) is -1.68. The molecule has 0 radical (unpaired) electrons. The Morgan fingerprint density at radius 2 is 1.52 bits per heavy atom. The highest BCUT2D eigenvalue weighted by molar-refractivity contribution is 7.99. The van der Waals surface area contributed by atoms with Crippen LogP contribution < -0.4 is 14.9 Å². The van der Waals surface area contributed by atoms with Crippen molar-refractivity contribution in [3.63, 3.8) is 0 Å². The molecule has 2 N–H and O–H groups in total. The first kappa shape index (κ1) is 45.5. The van der Waals surface area contributed by atoms with Gasteiger partial charge in [0.05, 0.1) is 10.6 Å². The highest BCUT2D eigenvalue weighted by Gasteiger charge is 2.48. The Morgan fingerprint density at radius 3 is 2.18 bits per heavy atom. The molecule has 2 heterocycles. The number of likely N-dealkylation sites (tertiary alicyclic amines) is 1. The van der Waals surface area contributed by atoms with Crippen molar-refractivity contribution in [2.45, 2.75) is 70.8 Å². The summed E-state index contributed by atoms with van der Waals surface area (Å²) in [6, 6.07) is 34.2. The zero-order chi connectivity index (χ0) is 44.1. The Morgan fingerprint density at radius 1 is 0.839 bits per heavy atom. The van der Waals surface area contributed by atoms with Crippen LogP contribution in [0.3, 0.4) is 0 Å². The Balaban J connectivity index is 1.02. The summed E-state index contributed by atoms with van der Waals surface area (Å²) in [6.07, 6.45) is 5.16. The van der Waals surface area contributed by atoms with Crippen molar-refractivity contribution in [1.29, 1.82) is 0 Å². The van der Waals surface area contributed by atoms with Crippen LogP contribution in [0.2, 0.25) is 5.02 Å². The number of rotatable bonds is 15. The van der Waals surface area contributed by atoms with Crippen LogP contribution in [0.1, 0.15) is 48.0 Å². The van der Waals surface area contributed by atoms with Gasteiger partial charge in [-0.3, -0.25) is 4.79 Å². The molecule has 1 amide bonds. The third-order valence-corrected chi connectivity index (χ3v) is 15.9. The van der Waals surface area contributed by atoms with E-state index in [4.69, 9.17) is 11.6 Å². The van der Waals surface area contributed by atoms with Gasteiger partial charge in [0.1, 0.15) is 4.90 Å². The van der Waals surface area contributed by atoms with E-state index in [0.29, 0.717) is 29.2 Å². The smallest absolute Gasteiger partial charge is 0.380 e. The maximum Gasteiger partial charge on any atom is 0.501 e. The summed E-state index contributed by atoms with van der Waals surface area (Å²) in [5.74, 6) is -0.158. The quantitative estimate of drug-likeness (QED) is 0.0991. The molecule has 0 aromatic heterocycles. The minimum atomic E-state index is -6.04. The SMILES string of the molecule is CN1CCCC1C[C@H](CSc1ccccc1)Nc1ccc(S(=O)(=O)NC(=O)c2ccc(N3CCC(Cc4ccccc4-c4ccc(Cl)cc4)CC3)cc2)cc1S(=O)(=O)C(F)(F)F. The molecule has 2 saturated heterocycles. The van der Waals surface area contributed by atoms with E-state index < -0.39 is 47.1 Å². The zero-order valence-corrected chi connectivity index (χ0v) is 37.2. The van der Waals surface area contributed by atoms with Gasteiger partial charge in [0.25, 0.3) is 25.8 Å². The number of carbonyl (C=O) groups excluding carboxylic acids is 1. The molecular formula is C46H48ClF3N4O5S3. The average Bonchev–Trinajstić information content (AvgIpc) is 3.66. The largest absolute Gasteiger partial charge is 0.501 e. The second kappa shape index (κ2) is 19.5. The number of piperidine rings is 1. The lowest BCUT2D eigenvalue weighted by Gasteiger charge is -2.34. The van der Waals surface area contributed by atoms with Crippen LogP contribution in [0.4, 0.5) is 24.5 Å². The molecule has 2 aliphatic heterocycles. The lowest BCUT2D eigenvalue weighted by atomic mass is 9.87. The average molecular weight is 926 g/mol. The van der Waals surface area contributed by atoms with Crippen LogP contribution >= 0.6 is 23.4 Å². The number of nitrogens with one attached hydrogen (secondary N) is 2. The number of thioether (sulfide) groups is 1. The van der Waals surface area contributed by atoms with E-state index in [-0.39, 0.29) is 17.3 Å². The number of sulfonamides is 1. The lowest BCUT2D eigenvalue weighted by molar-refractivity contribution is -0.0435. The van der Waals surface area contributed by atoms with Gasteiger partial charge in [0.2, 0.25) is 0 Å². The maximum atomic E-state index is 14.2. The highest BCUT2D eigenvalue weighted by Crippen LogP contribution is 2.38. The number of nitrogens with zero attached hydrogens (tertiary/aromatic N) is 2. The van der Waals surface area contributed by atoms with Gasteiger partial charge in [-0.1, -0.05) is 66.2 Å². The number of hydrogen-bond acceptors (Lipinski definition) is 9. The number of alkyl halides is 3. The van der Waals surface area contributed by atoms with Crippen molar-refractivity contribution >= 4 is 60.5 Å². The number of amides is 1. The molecule has 2 fully saturated rings. The number of carbonyl (C=O) groups is 1. The van der Waals surface area contributed by atoms with E-state index >= 15 is 0 Å². The van der Waals surface area contributed by atoms with Crippen molar-refractivity contribution in [1.82, 2.24) is 9.62 Å². The molecule has 5 aromatic rings. The molecule has 16 heteroatoms. The molecule has 0 saturated carbocycles. The fourth-order valence-electron chi connectivity index (χ4n) is 8.22. The Bertz CT molecular complexity index is 2560. The van der Waals surface area contributed by atoms with E-state index in [1.165, 1.54) is 35.0 Å². The molecule has 2 atom stereocenters. The van der Waals surface area contributed by atoms with Crippen LogP contribution in [-0.4, -0.2) is 77.7 Å². The zero-order valence-electron chi connectivity index (χ0n) is 34.0. The Kier molecular flexibility index (Phi) is 14.3. The number of hydrogen-bond donors (Lipinski definition) is 2. The molecule has 7 rings (SSSR count). The maximum absolute atomic E-state index is 14.2. The van der Waals surface area contributed by atoms with E-state index in [1.807, 2.05) is 72.4 Å². The first-order valence-electron chi connectivity index (χ1n) is 20.4. The Labute approximate surface area is 371 Å². The molecule has 2 aliphatic rings. The number of halogens is 4. The second-order valence-corrected chi connectivity index (χ2v) is 21.0. The topological polar surface area (TPSA) is 116 Å². The van der Waals surface area contributed by atoms with E-state index in [2.05, 4.69) is 33.3 Å². The second-order valence-electron chi connectivity index (χ2n) is 15.9. The fourth-order valence-corrected chi connectivity index (χ4v) is 11.3. The summed E-state index contributed by atoms with van der Waals surface area (Å²) in [5, 5.41) is 3.72. The van der Waals surface area contributed by atoms with Crippen LogP contribution in [-0.2, 0) is 26.3 Å². The van der Waals surface area contributed by atoms with Crippen LogP contribution in [0, 0.1) is 5.92 Å². The van der Waals surface area contributed by atoms with E-state index in [0.717, 1.165) is 80.0 Å². The van der Waals surface area contributed by atoms with Gasteiger partial charge in [0, 0.05) is 52.1 Å². The monoisotopic (exact) mass is 924 g/mol. The third-order valence-electron chi connectivity index (χ3n) is 11.7. The third kappa shape index (κ3) is 11.0. The first-order chi connectivity index (χ1) is 29.6. The molecule has 0 aliphatic carbocycles. The summed E-state index contributed by atoms with van der Waals surface area (Å²) in [4.78, 5) is 16.5. The number of sulfone groups is 1. The first-order valence-corrected chi connectivity index (χ1v) is 24.8. The van der Waals surface area contributed by atoms with E-state index in [9.17, 15) is 34.8 Å².